The highest BCUT2D eigenvalue weighted by Gasteiger charge is 2.23. The Labute approximate surface area is 204 Å². The molecule has 1 atom stereocenters. The number of rotatable bonds is 6. The van der Waals surface area contributed by atoms with Crippen molar-refractivity contribution >= 4 is 28.3 Å². The van der Waals surface area contributed by atoms with Gasteiger partial charge in [-0.25, -0.2) is 4.98 Å². The Hall–Kier alpha value is -4.45. The van der Waals surface area contributed by atoms with Crippen LogP contribution in [0.2, 0.25) is 0 Å². The maximum Gasteiger partial charge on any atom is 0.255 e. The molecule has 6 heteroatoms. The summed E-state index contributed by atoms with van der Waals surface area (Å²) < 4.78 is 0. The first-order valence-corrected chi connectivity index (χ1v) is 11.6. The highest BCUT2D eigenvalue weighted by atomic mass is 16.1. The van der Waals surface area contributed by atoms with E-state index in [0.29, 0.717) is 5.56 Å². The standard InChI is InChI=1S/C29H27N5O/c1-18-7-9-21(10-8-18)29(35)33-22-11-12-24-23(17-22)27(20(3)32-24)28(25-6-4-5-14-30-25)34-26-16-19(2)13-15-31-26/h4-17,28,32H,1-3H3,(H,31,34)(H,33,35)/t28-/m1/s1. The van der Waals surface area contributed by atoms with Gasteiger partial charge in [-0.1, -0.05) is 23.8 Å². The first-order valence-electron chi connectivity index (χ1n) is 11.6. The van der Waals surface area contributed by atoms with Gasteiger partial charge < -0.3 is 15.6 Å². The minimum atomic E-state index is -0.234. The lowest BCUT2D eigenvalue weighted by atomic mass is 9.99. The van der Waals surface area contributed by atoms with E-state index in [9.17, 15) is 4.79 Å². The second kappa shape index (κ2) is 9.43. The summed E-state index contributed by atoms with van der Waals surface area (Å²) in [4.78, 5) is 25.5. The molecule has 35 heavy (non-hydrogen) atoms. The molecule has 0 spiro atoms. The second-order valence-electron chi connectivity index (χ2n) is 8.79. The van der Waals surface area contributed by atoms with Crippen LogP contribution >= 0.6 is 0 Å². The summed E-state index contributed by atoms with van der Waals surface area (Å²) >= 11 is 0. The molecule has 0 aliphatic carbocycles. The van der Waals surface area contributed by atoms with Crippen molar-refractivity contribution in [1.82, 2.24) is 15.0 Å². The van der Waals surface area contributed by atoms with Crippen molar-refractivity contribution in [2.75, 3.05) is 10.6 Å². The Bertz CT molecular complexity index is 1490. The van der Waals surface area contributed by atoms with Gasteiger partial charge in [-0.3, -0.25) is 9.78 Å². The van der Waals surface area contributed by atoms with Crippen molar-refractivity contribution < 1.29 is 4.79 Å². The number of amides is 1. The Morgan fingerprint density at radius 2 is 1.69 bits per heavy atom. The maximum absolute atomic E-state index is 12.8. The number of carbonyl (C=O) groups is 1. The molecular weight excluding hydrogens is 434 g/mol. The van der Waals surface area contributed by atoms with E-state index in [-0.39, 0.29) is 11.9 Å². The zero-order valence-electron chi connectivity index (χ0n) is 20.0. The highest BCUT2D eigenvalue weighted by Crippen LogP contribution is 2.35. The fourth-order valence-electron chi connectivity index (χ4n) is 4.31. The fraction of sp³-hybridized carbons (Fsp3) is 0.138. The van der Waals surface area contributed by atoms with E-state index < -0.39 is 0 Å². The predicted octanol–water partition coefficient (Wildman–Crippen LogP) is 6.34. The molecule has 0 bridgehead atoms. The van der Waals surface area contributed by atoms with E-state index in [2.05, 4.69) is 32.5 Å². The van der Waals surface area contributed by atoms with Gasteiger partial charge in [0.15, 0.2) is 0 Å². The summed E-state index contributed by atoms with van der Waals surface area (Å²) in [5.41, 5.74) is 7.56. The molecule has 0 fully saturated rings. The zero-order valence-corrected chi connectivity index (χ0v) is 20.0. The van der Waals surface area contributed by atoms with Gasteiger partial charge in [-0.2, -0.15) is 0 Å². The number of pyridine rings is 2. The number of aryl methyl sites for hydroxylation is 3. The van der Waals surface area contributed by atoms with E-state index in [1.165, 1.54) is 0 Å². The van der Waals surface area contributed by atoms with Crippen LogP contribution in [0.4, 0.5) is 11.5 Å². The summed E-state index contributed by atoms with van der Waals surface area (Å²) in [5.74, 6) is 0.639. The van der Waals surface area contributed by atoms with E-state index in [0.717, 1.165) is 50.5 Å². The molecule has 0 saturated heterocycles. The van der Waals surface area contributed by atoms with Crippen LogP contribution in [0, 0.1) is 20.8 Å². The SMILES string of the molecule is Cc1ccc(C(=O)Nc2ccc3[nH]c(C)c([C@H](Nc4cc(C)ccn4)c4ccccn4)c3c2)cc1. The largest absolute Gasteiger partial charge is 0.358 e. The number of hydrogen-bond acceptors (Lipinski definition) is 4. The van der Waals surface area contributed by atoms with Crippen LogP contribution in [0.3, 0.4) is 0 Å². The summed E-state index contributed by atoms with van der Waals surface area (Å²) in [7, 11) is 0. The number of anilines is 2. The summed E-state index contributed by atoms with van der Waals surface area (Å²) in [6, 6.07) is 23.1. The Kier molecular flexibility index (Phi) is 6.02. The Morgan fingerprint density at radius 1 is 0.857 bits per heavy atom. The molecule has 2 aromatic carbocycles. The summed E-state index contributed by atoms with van der Waals surface area (Å²) in [5, 5.41) is 7.64. The van der Waals surface area contributed by atoms with Gasteiger partial charge in [-0.15, -0.1) is 0 Å². The molecule has 0 radical (unpaired) electrons. The van der Waals surface area contributed by atoms with Gasteiger partial charge in [0.2, 0.25) is 0 Å². The normalized spacial score (nSPS) is 11.9. The lowest BCUT2D eigenvalue weighted by Crippen LogP contribution is -2.15. The van der Waals surface area contributed by atoms with E-state index >= 15 is 0 Å². The van der Waals surface area contributed by atoms with Crippen LogP contribution < -0.4 is 10.6 Å². The molecule has 5 aromatic rings. The molecular formula is C29H27N5O. The molecule has 0 aliphatic heterocycles. The van der Waals surface area contributed by atoms with Crippen molar-refractivity contribution in [1.29, 1.82) is 0 Å². The van der Waals surface area contributed by atoms with Gasteiger partial charge in [0, 0.05) is 45.8 Å². The molecule has 3 heterocycles. The topological polar surface area (TPSA) is 82.7 Å². The van der Waals surface area contributed by atoms with Crippen molar-refractivity contribution in [3.8, 4) is 0 Å². The van der Waals surface area contributed by atoms with Crippen molar-refractivity contribution in [3.05, 3.63) is 119 Å². The van der Waals surface area contributed by atoms with E-state index in [1.54, 1.807) is 12.4 Å². The van der Waals surface area contributed by atoms with Crippen LogP contribution in [0.1, 0.15) is 44.5 Å². The Balaban J connectivity index is 1.55. The highest BCUT2D eigenvalue weighted by molar-refractivity contribution is 6.05. The maximum atomic E-state index is 12.8. The number of benzene rings is 2. The molecule has 1 amide bonds. The number of aromatic nitrogens is 3. The number of aromatic amines is 1. The summed E-state index contributed by atoms with van der Waals surface area (Å²) in [6.07, 6.45) is 3.60. The molecule has 0 unspecified atom stereocenters. The van der Waals surface area contributed by atoms with Crippen molar-refractivity contribution in [2.24, 2.45) is 0 Å². The number of nitrogens with one attached hydrogen (secondary N) is 3. The minimum Gasteiger partial charge on any atom is -0.358 e. The molecule has 5 rings (SSSR count). The molecule has 6 nitrogen and oxygen atoms in total. The predicted molar refractivity (Wildman–Crippen MR) is 141 cm³/mol. The third-order valence-electron chi connectivity index (χ3n) is 6.09. The average molecular weight is 462 g/mol. The smallest absolute Gasteiger partial charge is 0.255 e. The Morgan fingerprint density at radius 3 is 2.43 bits per heavy atom. The van der Waals surface area contributed by atoms with Crippen LogP contribution in [-0.2, 0) is 0 Å². The third-order valence-corrected chi connectivity index (χ3v) is 6.09. The average Bonchev–Trinajstić information content (AvgIpc) is 3.18. The quantitative estimate of drug-likeness (QED) is 0.276. The zero-order chi connectivity index (χ0) is 24.4. The lowest BCUT2D eigenvalue weighted by molar-refractivity contribution is 0.102. The fourth-order valence-corrected chi connectivity index (χ4v) is 4.31. The molecule has 3 N–H and O–H groups in total. The number of hydrogen-bond donors (Lipinski definition) is 3. The summed E-state index contributed by atoms with van der Waals surface area (Å²) in [6.45, 7) is 6.10. The van der Waals surface area contributed by atoms with Gasteiger partial charge in [-0.05, 0) is 80.9 Å². The first-order chi connectivity index (χ1) is 17.0. The van der Waals surface area contributed by atoms with Crippen LogP contribution in [0.15, 0.2) is 85.2 Å². The molecule has 174 valence electrons. The van der Waals surface area contributed by atoms with Gasteiger partial charge in [0.1, 0.15) is 5.82 Å². The van der Waals surface area contributed by atoms with Crippen molar-refractivity contribution in [3.63, 3.8) is 0 Å². The van der Waals surface area contributed by atoms with Gasteiger partial charge in [0.05, 0.1) is 11.7 Å². The number of H-pyrrole nitrogens is 1. The second-order valence-corrected chi connectivity index (χ2v) is 8.79. The first kappa shape index (κ1) is 22.3. The monoisotopic (exact) mass is 461 g/mol. The van der Waals surface area contributed by atoms with Gasteiger partial charge >= 0.3 is 0 Å². The number of carbonyl (C=O) groups excluding carboxylic acids is 1. The van der Waals surface area contributed by atoms with E-state index in [4.69, 9.17) is 0 Å². The molecule has 0 aliphatic rings. The minimum absolute atomic E-state index is 0.137. The molecule has 0 saturated carbocycles. The van der Waals surface area contributed by atoms with E-state index in [1.807, 2.05) is 86.6 Å². The van der Waals surface area contributed by atoms with Crippen LogP contribution in [-0.4, -0.2) is 20.9 Å². The molecule has 3 aromatic heterocycles. The van der Waals surface area contributed by atoms with Crippen LogP contribution in [0.5, 0.6) is 0 Å². The van der Waals surface area contributed by atoms with Gasteiger partial charge in [0.25, 0.3) is 5.91 Å². The number of fused-ring (bicyclic) bond motifs is 1. The number of nitrogens with zero attached hydrogens (tertiary/aromatic N) is 2. The lowest BCUT2D eigenvalue weighted by Gasteiger charge is -2.20. The van der Waals surface area contributed by atoms with Crippen molar-refractivity contribution in [2.45, 2.75) is 26.8 Å². The van der Waals surface area contributed by atoms with Crippen LogP contribution in [0.25, 0.3) is 10.9 Å². The third kappa shape index (κ3) is 4.77.